The molecule has 0 atom stereocenters. The quantitative estimate of drug-likeness (QED) is 0.545. The lowest BCUT2D eigenvalue weighted by atomic mass is 9.86. The molecule has 0 fully saturated rings. The van der Waals surface area contributed by atoms with Crippen LogP contribution in [0, 0.1) is 0 Å². The van der Waals surface area contributed by atoms with Crippen LogP contribution in [0.2, 0.25) is 0 Å². The summed E-state index contributed by atoms with van der Waals surface area (Å²) in [5.74, 6) is -2.09. The fourth-order valence-electron chi connectivity index (χ4n) is 3.47. The van der Waals surface area contributed by atoms with Crippen molar-refractivity contribution >= 4 is 11.6 Å². The van der Waals surface area contributed by atoms with E-state index in [9.17, 15) is 24.9 Å². The van der Waals surface area contributed by atoms with Gasteiger partial charge in [0.05, 0.1) is 0 Å². The van der Waals surface area contributed by atoms with E-state index in [4.69, 9.17) is 0 Å². The summed E-state index contributed by atoms with van der Waals surface area (Å²) in [5, 5.41) is 31.3. The molecule has 26 heavy (non-hydrogen) atoms. The van der Waals surface area contributed by atoms with Crippen molar-refractivity contribution < 1.29 is 24.9 Å². The number of phenolic OH excluding ortho intramolecular Hbond substituents is 2. The molecule has 0 unspecified atom stereocenters. The first-order valence-corrected chi connectivity index (χ1v) is 8.87. The van der Waals surface area contributed by atoms with Gasteiger partial charge in [-0.15, -0.1) is 0 Å². The Kier molecular flexibility index (Phi) is 4.83. The van der Waals surface area contributed by atoms with Crippen LogP contribution in [0.3, 0.4) is 0 Å². The Morgan fingerprint density at radius 1 is 0.885 bits per heavy atom. The first-order chi connectivity index (χ1) is 12.4. The third-order valence-corrected chi connectivity index (χ3v) is 4.96. The van der Waals surface area contributed by atoms with Gasteiger partial charge in [0.25, 0.3) is 0 Å². The number of hydrogen-bond acceptors (Lipinski definition) is 5. The fourth-order valence-corrected chi connectivity index (χ4v) is 3.47. The summed E-state index contributed by atoms with van der Waals surface area (Å²) < 4.78 is 0. The van der Waals surface area contributed by atoms with Crippen LogP contribution in [0.25, 0.3) is 0 Å². The molecule has 5 heteroatoms. The van der Waals surface area contributed by atoms with Crippen LogP contribution >= 0.6 is 0 Å². The second kappa shape index (κ2) is 6.92. The lowest BCUT2D eigenvalue weighted by Gasteiger charge is -2.22. The van der Waals surface area contributed by atoms with Crippen molar-refractivity contribution in [1.29, 1.82) is 0 Å². The number of hydrogen-bond donors (Lipinski definition) is 3. The molecule has 5 nitrogen and oxygen atoms in total. The lowest BCUT2D eigenvalue weighted by Crippen LogP contribution is -2.38. The maximum Gasteiger partial charge on any atom is 0.220 e. The molecule has 2 aromatic carbocycles. The summed E-state index contributed by atoms with van der Waals surface area (Å²) >= 11 is 0. The van der Waals surface area contributed by atoms with Gasteiger partial charge in [0.1, 0.15) is 11.5 Å². The van der Waals surface area contributed by atoms with Gasteiger partial charge in [0.2, 0.25) is 17.2 Å². The molecule has 3 N–H and O–H groups in total. The standard InChI is InChI=1S/C21H22O5/c1-2-3-4-5-8-13-11-16(18(23)12-17(13)22)21(26)19(24)14-9-6-7-10-15(14)20(21)25/h6-7,9-12,22-23,26H,2-5,8H2,1H3. The number of fused-ring (bicyclic) bond motifs is 1. The van der Waals surface area contributed by atoms with Crippen molar-refractivity contribution in [2.45, 2.75) is 44.6 Å². The molecule has 1 aliphatic rings. The topological polar surface area (TPSA) is 94.8 Å². The summed E-state index contributed by atoms with van der Waals surface area (Å²) in [5.41, 5.74) is -1.86. The van der Waals surface area contributed by atoms with E-state index in [0.717, 1.165) is 31.7 Å². The number of Topliss-reactive ketones (excluding diaryl/α,β-unsaturated/α-hetero) is 2. The molecule has 136 valence electrons. The average Bonchev–Trinajstić information content (AvgIpc) is 2.83. The SMILES string of the molecule is CCCCCCc1cc(C2(O)C(=O)c3ccccc3C2=O)c(O)cc1O. The van der Waals surface area contributed by atoms with Crippen molar-refractivity contribution in [2.75, 3.05) is 0 Å². The molecule has 0 aliphatic heterocycles. The van der Waals surface area contributed by atoms with Crippen molar-refractivity contribution in [2.24, 2.45) is 0 Å². The Labute approximate surface area is 151 Å². The zero-order valence-electron chi connectivity index (χ0n) is 14.7. The molecule has 0 saturated carbocycles. The molecular weight excluding hydrogens is 332 g/mol. The van der Waals surface area contributed by atoms with Gasteiger partial charge in [-0.2, -0.15) is 0 Å². The first-order valence-electron chi connectivity index (χ1n) is 8.87. The molecule has 0 bridgehead atoms. The number of benzene rings is 2. The number of phenols is 2. The predicted octanol–water partition coefficient (Wildman–Crippen LogP) is 3.49. The van der Waals surface area contributed by atoms with Crippen LogP contribution < -0.4 is 0 Å². The Morgan fingerprint density at radius 3 is 2.08 bits per heavy atom. The van der Waals surface area contributed by atoms with Crippen molar-refractivity contribution in [1.82, 2.24) is 0 Å². The zero-order valence-corrected chi connectivity index (χ0v) is 14.7. The second-order valence-corrected chi connectivity index (χ2v) is 6.72. The maximum absolute atomic E-state index is 12.7. The van der Waals surface area contributed by atoms with Crippen molar-refractivity contribution in [3.8, 4) is 11.5 Å². The minimum Gasteiger partial charge on any atom is -0.508 e. The van der Waals surface area contributed by atoms with Gasteiger partial charge in [-0.1, -0.05) is 50.5 Å². The van der Waals surface area contributed by atoms with Crippen LogP contribution in [0.1, 0.15) is 64.4 Å². The van der Waals surface area contributed by atoms with Gasteiger partial charge < -0.3 is 15.3 Å². The number of carbonyl (C=O) groups excluding carboxylic acids is 2. The minimum absolute atomic E-state index is 0.109. The number of aromatic hydroxyl groups is 2. The van der Waals surface area contributed by atoms with Crippen LogP contribution in [0.4, 0.5) is 0 Å². The van der Waals surface area contributed by atoms with Crippen molar-refractivity contribution in [3.05, 3.63) is 58.7 Å². The summed E-state index contributed by atoms with van der Waals surface area (Å²) in [4.78, 5) is 25.5. The Hall–Kier alpha value is -2.66. The van der Waals surface area contributed by atoms with E-state index in [-0.39, 0.29) is 22.4 Å². The third-order valence-electron chi connectivity index (χ3n) is 4.96. The van der Waals surface area contributed by atoms with Gasteiger partial charge in [-0.05, 0) is 24.5 Å². The van der Waals surface area contributed by atoms with Gasteiger partial charge in [0.15, 0.2) is 0 Å². The minimum atomic E-state index is -2.46. The highest BCUT2D eigenvalue weighted by Gasteiger charge is 2.54. The molecule has 0 heterocycles. The fraction of sp³-hybridized carbons (Fsp3) is 0.333. The molecule has 0 saturated heterocycles. The summed E-state index contributed by atoms with van der Waals surface area (Å²) in [6.45, 7) is 2.10. The monoisotopic (exact) mass is 354 g/mol. The predicted molar refractivity (Wildman–Crippen MR) is 96.6 cm³/mol. The largest absolute Gasteiger partial charge is 0.508 e. The number of aryl methyl sites for hydroxylation is 1. The van der Waals surface area contributed by atoms with Gasteiger partial charge in [-0.3, -0.25) is 9.59 Å². The van der Waals surface area contributed by atoms with E-state index in [0.29, 0.717) is 12.0 Å². The second-order valence-electron chi connectivity index (χ2n) is 6.72. The molecule has 0 radical (unpaired) electrons. The first kappa shape index (κ1) is 18.1. The number of rotatable bonds is 6. The van der Waals surface area contributed by atoms with E-state index >= 15 is 0 Å². The highest BCUT2D eigenvalue weighted by Crippen LogP contribution is 2.43. The molecule has 2 aromatic rings. The Balaban J connectivity index is 2.01. The molecular formula is C21H22O5. The van der Waals surface area contributed by atoms with E-state index in [1.165, 1.54) is 18.2 Å². The Morgan fingerprint density at radius 2 is 1.50 bits per heavy atom. The zero-order chi connectivity index (χ0) is 18.9. The lowest BCUT2D eigenvalue weighted by molar-refractivity contribution is 0.0312. The summed E-state index contributed by atoms with van der Waals surface area (Å²) in [6.07, 6.45) is 4.49. The third kappa shape index (κ3) is 2.78. The number of unbranched alkanes of at least 4 members (excludes halogenated alkanes) is 3. The van der Waals surface area contributed by atoms with E-state index in [1.54, 1.807) is 12.1 Å². The highest BCUT2D eigenvalue weighted by atomic mass is 16.3. The van der Waals surface area contributed by atoms with Crippen LogP contribution in [-0.2, 0) is 12.0 Å². The number of ketones is 2. The molecule has 0 spiro atoms. The number of carbonyl (C=O) groups is 2. The van der Waals surface area contributed by atoms with Crippen LogP contribution in [0.15, 0.2) is 36.4 Å². The maximum atomic E-state index is 12.7. The summed E-state index contributed by atoms with van der Waals surface area (Å²) in [6, 6.07) is 8.66. The van der Waals surface area contributed by atoms with Gasteiger partial charge in [0, 0.05) is 22.8 Å². The van der Waals surface area contributed by atoms with Crippen LogP contribution in [0.5, 0.6) is 11.5 Å². The molecule has 1 aliphatic carbocycles. The van der Waals surface area contributed by atoms with Gasteiger partial charge >= 0.3 is 0 Å². The molecule has 0 amide bonds. The molecule has 0 aromatic heterocycles. The normalized spacial score (nSPS) is 15.3. The van der Waals surface area contributed by atoms with E-state index in [1.807, 2.05) is 0 Å². The van der Waals surface area contributed by atoms with E-state index in [2.05, 4.69) is 6.92 Å². The Bertz CT molecular complexity index is 834. The van der Waals surface area contributed by atoms with Crippen LogP contribution in [-0.4, -0.2) is 26.9 Å². The molecule has 3 rings (SSSR count). The van der Waals surface area contributed by atoms with Gasteiger partial charge in [-0.25, -0.2) is 0 Å². The number of aliphatic hydroxyl groups is 1. The summed E-state index contributed by atoms with van der Waals surface area (Å²) in [7, 11) is 0. The van der Waals surface area contributed by atoms with E-state index < -0.39 is 22.9 Å². The smallest absolute Gasteiger partial charge is 0.220 e. The highest BCUT2D eigenvalue weighted by molar-refractivity contribution is 6.32. The average molecular weight is 354 g/mol. The van der Waals surface area contributed by atoms with Crippen molar-refractivity contribution in [3.63, 3.8) is 0 Å².